The lowest BCUT2D eigenvalue weighted by Crippen LogP contribution is -2.41. The molecule has 0 heterocycles. The molecule has 0 spiro atoms. The highest BCUT2D eigenvalue weighted by molar-refractivity contribution is 6.28. The fourth-order valence-electron chi connectivity index (χ4n) is 0.392. The van der Waals surface area contributed by atoms with Crippen LogP contribution in [0.4, 0.5) is 4.79 Å². The van der Waals surface area contributed by atoms with Crippen LogP contribution >= 0.6 is 11.6 Å². The molecule has 0 aromatic rings. The maximum Gasteiger partial charge on any atom is 0.323 e. The minimum atomic E-state index is -0.475. The lowest BCUT2D eigenvalue weighted by Gasteiger charge is -2.13. The molecule has 1 N–H and O–H groups in total. The normalized spacial score (nSPS) is 9.00. The van der Waals surface area contributed by atoms with Crippen molar-refractivity contribution in [2.75, 3.05) is 19.5 Å². The Bertz CT molecular complexity index is 161. The third kappa shape index (κ3) is 3.83. The number of rotatable bonds is 2. The highest BCUT2D eigenvalue weighted by atomic mass is 35.5. The van der Waals surface area contributed by atoms with Gasteiger partial charge < -0.3 is 4.90 Å². The van der Waals surface area contributed by atoms with Crippen molar-refractivity contribution in [1.82, 2.24) is 10.2 Å². The Kier molecular flexibility index (Phi) is 4.61. The fourth-order valence-corrected chi connectivity index (χ4v) is 0.459. The Hall–Kier alpha value is -0.770. The van der Waals surface area contributed by atoms with E-state index in [-0.39, 0.29) is 5.88 Å². The maximum atomic E-state index is 10.9. The number of hydrogen-bond donors (Lipinski definition) is 1. The smallest absolute Gasteiger partial charge is 0.323 e. The van der Waals surface area contributed by atoms with Crippen molar-refractivity contribution < 1.29 is 9.59 Å². The van der Waals surface area contributed by atoms with Crippen molar-refractivity contribution in [2.24, 2.45) is 0 Å². The third-order valence-electron chi connectivity index (χ3n) is 1.19. The van der Waals surface area contributed by atoms with E-state index in [1.807, 2.05) is 6.92 Å². The van der Waals surface area contributed by atoms with Crippen LogP contribution in [0.25, 0.3) is 0 Å². The van der Waals surface area contributed by atoms with E-state index in [4.69, 9.17) is 11.6 Å². The third-order valence-corrected chi connectivity index (χ3v) is 1.43. The molecule has 0 rings (SSSR count). The van der Waals surface area contributed by atoms with Gasteiger partial charge in [0.15, 0.2) is 0 Å². The zero-order valence-corrected chi connectivity index (χ0v) is 7.31. The standard InChI is InChI=1S/C6H11ClN2O2/c1-3-9(2)6(11)8-5(10)4-7/h3-4H2,1-2H3,(H,8,10,11). The van der Waals surface area contributed by atoms with E-state index >= 15 is 0 Å². The average molecular weight is 179 g/mol. The van der Waals surface area contributed by atoms with Gasteiger partial charge in [-0.2, -0.15) is 0 Å². The number of alkyl halides is 1. The zero-order valence-electron chi connectivity index (χ0n) is 6.56. The molecule has 11 heavy (non-hydrogen) atoms. The predicted molar refractivity (Wildman–Crippen MR) is 42.6 cm³/mol. The summed E-state index contributed by atoms with van der Waals surface area (Å²) in [5.74, 6) is -0.666. The van der Waals surface area contributed by atoms with Gasteiger partial charge in [0.05, 0.1) is 0 Å². The van der Waals surface area contributed by atoms with Gasteiger partial charge in [0.2, 0.25) is 5.91 Å². The largest absolute Gasteiger partial charge is 0.328 e. The summed E-state index contributed by atoms with van der Waals surface area (Å²) in [7, 11) is 1.59. The number of halogens is 1. The molecule has 0 aromatic heterocycles. The monoisotopic (exact) mass is 178 g/mol. The Morgan fingerprint density at radius 3 is 2.45 bits per heavy atom. The van der Waals surface area contributed by atoms with Gasteiger partial charge in [-0.3, -0.25) is 10.1 Å². The van der Waals surface area contributed by atoms with Crippen molar-refractivity contribution in [3.05, 3.63) is 0 Å². The Balaban J connectivity index is 3.77. The number of nitrogens with one attached hydrogen (secondary N) is 1. The first-order valence-electron chi connectivity index (χ1n) is 3.22. The van der Waals surface area contributed by atoms with Crippen LogP contribution in [0.1, 0.15) is 6.92 Å². The van der Waals surface area contributed by atoms with Gasteiger partial charge in [-0.25, -0.2) is 4.79 Å². The Labute approximate surface area is 70.5 Å². The summed E-state index contributed by atoms with van der Waals surface area (Å²) < 4.78 is 0. The lowest BCUT2D eigenvalue weighted by molar-refractivity contribution is -0.117. The van der Waals surface area contributed by atoms with E-state index in [0.29, 0.717) is 6.54 Å². The van der Waals surface area contributed by atoms with E-state index in [9.17, 15) is 9.59 Å². The van der Waals surface area contributed by atoms with Crippen LogP contribution in [-0.2, 0) is 4.79 Å². The van der Waals surface area contributed by atoms with Crippen molar-refractivity contribution in [3.8, 4) is 0 Å². The molecule has 3 amide bonds. The fraction of sp³-hybridized carbons (Fsp3) is 0.667. The van der Waals surface area contributed by atoms with E-state index in [1.54, 1.807) is 7.05 Å². The van der Waals surface area contributed by atoms with Gasteiger partial charge in [0, 0.05) is 13.6 Å². The molecule has 0 bridgehead atoms. The van der Waals surface area contributed by atoms with Crippen molar-refractivity contribution in [3.63, 3.8) is 0 Å². The molecule has 0 radical (unpaired) electrons. The number of carbonyl (C=O) groups is 2. The first-order chi connectivity index (χ1) is 5.11. The minimum Gasteiger partial charge on any atom is -0.328 e. The molecular formula is C6H11ClN2O2. The van der Waals surface area contributed by atoms with Crippen LogP contribution in [0, 0.1) is 0 Å². The Morgan fingerprint density at radius 1 is 1.55 bits per heavy atom. The molecule has 0 aromatic carbocycles. The second-order valence-corrected chi connectivity index (χ2v) is 2.27. The van der Waals surface area contributed by atoms with Gasteiger partial charge in [-0.1, -0.05) is 0 Å². The first-order valence-corrected chi connectivity index (χ1v) is 3.76. The van der Waals surface area contributed by atoms with Crippen LogP contribution in [-0.4, -0.2) is 36.3 Å². The van der Waals surface area contributed by atoms with Gasteiger partial charge in [-0.05, 0) is 6.92 Å². The highest BCUT2D eigenvalue weighted by Crippen LogP contribution is 1.83. The predicted octanol–water partition coefficient (Wildman–Crippen LogP) is 0.413. The number of imide groups is 1. The molecule has 4 nitrogen and oxygen atoms in total. The van der Waals surface area contributed by atoms with Crippen LogP contribution in [0.3, 0.4) is 0 Å². The van der Waals surface area contributed by atoms with Crippen molar-refractivity contribution >= 4 is 23.5 Å². The molecule has 5 heteroatoms. The van der Waals surface area contributed by atoms with E-state index in [2.05, 4.69) is 5.32 Å². The van der Waals surface area contributed by atoms with E-state index in [1.165, 1.54) is 4.90 Å². The molecule has 0 aliphatic heterocycles. The summed E-state index contributed by atoms with van der Waals surface area (Å²) in [6.45, 7) is 2.37. The van der Waals surface area contributed by atoms with Crippen LogP contribution in [0.15, 0.2) is 0 Å². The molecule has 0 aliphatic carbocycles. The van der Waals surface area contributed by atoms with Crippen LogP contribution in [0.5, 0.6) is 0 Å². The van der Waals surface area contributed by atoms with Gasteiger partial charge >= 0.3 is 6.03 Å². The summed E-state index contributed by atoms with van der Waals surface area (Å²) in [5.41, 5.74) is 0. The highest BCUT2D eigenvalue weighted by Gasteiger charge is 2.08. The summed E-state index contributed by atoms with van der Waals surface area (Å²) >= 11 is 5.16. The molecule has 0 saturated heterocycles. The molecule has 0 fully saturated rings. The second kappa shape index (κ2) is 4.96. The summed E-state index contributed by atoms with van der Waals surface area (Å²) in [6.07, 6.45) is 0. The average Bonchev–Trinajstić information content (AvgIpc) is 2.02. The molecule has 64 valence electrons. The number of carbonyl (C=O) groups excluding carboxylic acids is 2. The minimum absolute atomic E-state index is 0.191. The molecule has 0 saturated carbocycles. The summed E-state index contributed by atoms with van der Waals surface area (Å²) in [4.78, 5) is 22.8. The number of amides is 3. The maximum absolute atomic E-state index is 10.9. The first kappa shape index (κ1) is 10.2. The zero-order chi connectivity index (χ0) is 8.85. The van der Waals surface area contributed by atoms with Crippen molar-refractivity contribution in [2.45, 2.75) is 6.92 Å². The molecule has 0 atom stereocenters. The van der Waals surface area contributed by atoms with Gasteiger partial charge in [0.25, 0.3) is 0 Å². The van der Waals surface area contributed by atoms with Gasteiger partial charge in [-0.15, -0.1) is 11.6 Å². The van der Waals surface area contributed by atoms with Crippen LogP contribution < -0.4 is 5.32 Å². The lowest BCUT2D eigenvalue weighted by atomic mass is 10.6. The van der Waals surface area contributed by atoms with Crippen molar-refractivity contribution in [1.29, 1.82) is 0 Å². The van der Waals surface area contributed by atoms with E-state index < -0.39 is 11.9 Å². The second-order valence-electron chi connectivity index (χ2n) is 2.00. The van der Waals surface area contributed by atoms with E-state index in [0.717, 1.165) is 0 Å². The Morgan fingerprint density at radius 2 is 2.09 bits per heavy atom. The molecule has 0 aliphatic rings. The van der Waals surface area contributed by atoms with Crippen LogP contribution in [0.2, 0.25) is 0 Å². The summed E-state index contributed by atoms with van der Waals surface area (Å²) in [6, 6.07) is -0.418. The quantitative estimate of drug-likeness (QED) is 0.623. The molecular weight excluding hydrogens is 168 g/mol. The SMILES string of the molecule is CCN(C)C(=O)NC(=O)CCl. The summed E-state index contributed by atoms with van der Waals surface area (Å²) in [5, 5.41) is 2.10. The number of hydrogen-bond acceptors (Lipinski definition) is 2. The van der Waals surface area contributed by atoms with Gasteiger partial charge in [0.1, 0.15) is 5.88 Å². The topological polar surface area (TPSA) is 49.4 Å². The number of nitrogens with zero attached hydrogens (tertiary/aromatic N) is 1. The molecule has 0 unspecified atom stereocenters. The number of urea groups is 1.